The molecule has 0 bridgehead atoms. The van der Waals surface area contributed by atoms with Crippen LogP contribution in [0.25, 0.3) is 11.1 Å². The second-order valence-corrected chi connectivity index (χ2v) is 3.89. The number of carbonyl (C=O) groups is 1. The minimum Gasteiger partial charge on any atom is -0.440 e. The highest BCUT2D eigenvalue weighted by Crippen LogP contribution is 2.15. The average Bonchev–Trinajstić information content (AvgIpc) is 2.68. The molecule has 0 atom stereocenters. The molecule has 84 valence electrons. The lowest BCUT2D eigenvalue weighted by Gasteiger charge is -1.94. The molecule has 16 heavy (non-hydrogen) atoms. The monoisotopic (exact) mass is 217 g/mol. The van der Waals surface area contributed by atoms with Gasteiger partial charge in [0, 0.05) is 6.42 Å². The molecule has 0 aliphatic rings. The third kappa shape index (κ3) is 2.48. The minimum atomic E-state index is 0.202. The van der Waals surface area contributed by atoms with Crippen molar-refractivity contribution >= 4 is 16.9 Å². The molecule has 2 rings (SSSR count). The van der Waals surface area contributed by atoms with Gasteiger partial charge < -0.3 is 4.42 Å². The van der Waals surface area contributed by atoms with E-state index in [1.807, 2.05) is 24.3 Å². The standard InChI is InChI=1S/C13H15NO2/c1-2-3-6-10(15)9-13-14-11-7-4-5-8-12(11)16-13/h4-5,7-8H,2-3,6,9H2,1H3. The molecule has 0 unspecified atom stereocenters. The molecular formula is C13H15NO2. The quantitative estimate of drug-likeness (QED) is 0.772. The van der Waals surface area contributed by atoms with E-state index in [1.54, 1.807) is 0 Å². The number of benzene rings is 1. The molecule has 3 heteroatoms. The van der Waals surface area contributed by atoms with E-state index in [1.165, 1.54) is 0 Å². The molecule has 0 aliphatic heterocycles. The number of rotatable bonds is 5. The van der Waals surface area contributed by atoms with Crippen molar-refractivity contribution in [3.05, 3.63) is 30.2 Å². The molecule has 1 aromatic heterocycles. The third-order valence-corrected chi connectivity index (χ3v) is 2.50. The van der Waals surface area contributed by atoms with Gasteiger partial charge in [-0.05, 0) is 18.6 Å². The van der Waals surface area contributed by atoms with Crippen LogP contribution in [-0.2, 0) is 11.2 Å². The van der Waals surface area contributed by atoms with Crippen LogP contribution < -0.4 is 0 Å². The van der Waals surface area contributed by atoms with E-state index in [9.17, 15) is 4.79 Å². The maximum Gasteiger partial charge on any atom is 0.202 e. The van der Waals surface area contributed by atoms with E-state index in [2.05, 4.69) is 11.9 Å². The second-order valence-electron chi connectivity index (χ2n) is 3.89. The van der Waals surface area contributed by atoms with Gasteiger partial charge in [-0.2, -0.15) is 0 Å². The molecule has 2 aromatic rings. The van der Waals surface area contributed by atoms with Crippen molar-refractivity contribution in [3.8, 4) is 0 Å². The van der Waals surface area contributed by atoms with Crippen molar-refractivity contribution in [2.24, 2.45) is 0 Å². The van der Waals surface area contributed by atoms with Gasteiger partial charge >= 0.3 is 0 Å². The number of nitrogens with zero attached hydrogens (tertiary/aromatic N) is 1. The van der Waals surface area contributed by atoms with Crippen LogP contribution in [0.2, 0.25) is 0 Å². The molecule has 0 spiro atoms. The number of hydrogen-bond donors (Lipinski definition) is 0. The molecular weight excluding hydrogens is 202 g/mol. The topological polar surface area (TPSA) is 43.1 Å². The Morgan fingerprint density at radius 3 is 2.94 bits per heavy atom. The Kier molecular flexibility index (Phi) is 3.34. The Morgan fingerprint density at radius 2 is 2.19 bits per heavy atom. The summed E-state index contributed by atoms with van der Waals surface area (Å²) < 4.78 is 5.49. The highest BCUT2D eigenvalue weighted by Gasteiger charge is 2.09. The van der Waals surface area contributed by atoms with Crippen LogP contribution in [0.5, 0.6) is 0 Å². The summed E-state index contributed by atoms with van der Waals surface area (Å²) in [6.07, 6.45) is 2.92. The van der Waals surface area contributed by atoms with Crippen LogP contribution >= 0.6 is 0 Å². The van der Waals surface area contributed by atoms with Crippen molar-refractivity contribution < 1.29 is 9.21 Å². The summed E-state index contributed by atoms with van der Waals surface area (Å²) >= 11 is 0. The molecule has 0 saturated carbocycles. The van der Waals surface area contributed by atoms with Gasteiger partial charge in [0.1, 0.15) is 11.3 Å². The van der Waals surface area contributed by atoms with Crippen molar-refractivity contribution in [2.45, 2.75) is 32.6 Å². The Bertz CT molecular complexity index is 454. The predicted octanol–water partition coefficient (Wildman–Crippen LogP) is 3.13. The van der Waals surface area contributed by atoms with Gasteiger partial charge in [-0.1, -0.05) is 25.5 Å². The third-order valence-electron chi connectivity index (χ3n) is 2.50. The zero-order chi connectivity index (χ0) is 11.4. The number of ketones is 1. The van der Waals surface area contributed by atoms with Gasteiger partial charge in [0.15, 0.2) is 5.58 Å². The number of para-hydroxylation sites is 2. The highest BCUT2D eigenvalue weighted by atomic mass is 16.3. The zero-order valence-electron chi connectivity index (χ0n) is 9.40. The molecule has 0 amide bonds. The molecule has 0 fully saturated rings. The molecule has 1 heterocycles. The minimum absolute atomic E-state index is 0.202. The Balaban J connectivity index is 2.07. The first-order chi connectivity index (χ1) is 7.79. The molecule has 0 aliphatic carbocycles. The van der Waals surface area contributed by atoms with Crippen LogP contribution in [0.1, 0.15) is 32.1 Å². The summed E-state index contributed by atoms with van der Waals surface area (Å²) in [5, 5.41) is 0. The molecule has 3 nitrogen and oxygen atoms in total. The first-order valence-electron chi connectivity index (χ1n) is 5.65. The highest BCUT2D eigenvalue weighted by molar-refractivity contribution is 5.81. The Morgan fingerprint density at radius 1 is 1.38 bits per heavy atom. The number of Topliss-reactive ketones (excluding diaryl/α,β-unsaturated/α-hetero) is 1. The fourth-order valence-corrected chi connectivity index (χ4v) is 1.63. The molecule has 0 saturated heterocycles. The summed E-state index contributed by atoms with van der Waals surface area (Å²) in [6.45, 7) is 2.08. The van der Waals surface area contributed by atoms with E-state index in [4.69, 9.17) is 4.42 Å². The number of hydrogen-bond acceptors (Lipinski definition) is 3. The van der Waals surface area contributed by atoms with Gasteiger partial charge in [-0.25, -0.2) is 4.98 Å². The van der Waals surface area contributed by atoms with Gasteiger partial charge in [0.05, 0.1) is 6.42 Å². The summed E-state index contributed by atoms with van der Waals surface area (Å²) in [5.74, 6) is 0.732. The summed E-state index contributed by atoms with van der Waals surface area (Å²) in [7, 11) is 0. The van der Waals surface area contributed by atoms with E-state index in [-0.39, 0.29) is 5.78 Å². The fraction of sp³-hybridized carbons (Fsp3) is 0.385. The van der Waals surface area contributed by atoms with Crippen molar-refractivity contribution in [1.82, 2.24) is 4.98 Å². The zero-order valence-corrected chi connectivity index (χ0v) is 9.40. The number of carbonyl (C=O) groups excluding carboxylic acids is 1. The van der Waals surface area contributed by atoms with E-state index < -0.39 is 0 Å². The normalized spacial score (nSPS) is 10.8. The Labute approximate surface area is 94.5 Å². The number of unbranched alkanes of at least 4 members (excludes halogenated alkanes) is 1. The van der Waals surface area contributed by atoms with Gasteiger partial charge in [0.25, 0.3) is 0 Å². The first kappa shape index (κ1) is 10.9. The SMILES string of the molecule is CCCCC(=O)Cc1nc2ccccc2o1. The summed E-state index contributed by atoms with van der Waals surface area (Å²) in [4.78, 5) is 15.8. The van der Waals surface area contributed by atoms with Gasteiger partial charge in [-0.3, -0.25) is 4.79 Å². The lowest BCUT2D eigenvalue weighted by molar-refractivity contribution is -0.118. The summed E-state index contributed by atoms with van der Waals surface area (Å²) in [5.41, 5.74) is 1.57. The van der Waals surface area contributed by atoms with Crippen LogP contribution in [0.3, 0.4) is 0 Å². The maximum absolute atomic E-state index is 11.5. The van der Waals surface area contributed by atoms with E-state index in [0.717, 1.165) is 23.9 Å². The lowest BCUT2D eigenvalue weighted by Crippen LogP contribution is -2.02. The van der Waals surface area contributed by atoms with Crippen molar-refractivity contribution in [2.75, 3.05) is 0 Å². The summed E-state index contributed by atoms with van der Waals surface area (Å²) in [6, 6.07) is 7.56. The number of fused-ring (bicyclic) bond motifs is 1. The van der Waals surface area contributed by atoms with Crippen LogP contribution in [0, 0.1) is 0 Å². The largest absolute Gasteiger partial charge is 0.440 e. The average molecular weight is 217 g/mol. The molecule has 0 radical (unpaired) electrons. The predicted molar refractivity (Wildman–Crippen MR) is 62.2 cm³/mol. The van der Waals surface area contributed by atoms with E-state index >= 15 is 0 Å². The molecule has 0 N–H and O–H groups in total. The molecule has 1 aromatic carbocycles. The van der Waals surface area contributed by atoms with Crippen LogP contribution in [0.4, 0.5) is 0 Å². The maximum atomic E-state index is 11.5. The smallest absolute Gasteiger partial charge is 0.202 e. The van der Waals surface area contributed by atoms with Crippen LogP contribution in [-0.4, -0.2) is 10.8 Å². The first-order valence-corrected chi connectivity index (χ1v) is 5.65. The Hall–Kier alpha value is -1.64. The van der Waals surface area contributed by atoms with Gasteiger partial charge in [-0.15, -0.1) is 0 Å². The second kappa shape index (κ2) is 4.92. The number of aromatic nitrogens is 1. The fourth-order valence-electron chi connectivity index (χ4n) is 1.63. The van der Waals surface area contributed by atoms with Crippen molar-refractivity contribution in [1.29, 1.82) is 0 Å². The lowest BCUT2D eigenvalue weighted by atomic mass is 10.1. The van der Waals surface area contributed by atoms with E-state index in [0.29, 0.717) is 18.7 Å². The number of oxazole rings is 1. The van der Waals surface area contributed by atoms with Crippen LogP contribution in [0.15, 0.2) is 28.7 Å². The van der Waals surface area contributed by atoms with Gasteiger partial charge in [0.2, 0.25) is 5.89 Å². The van der Waals surface area contributed by atoms with Crippen molar-refractivity contribution in [3.63, 3.8) is 0 Å².